The third-order valence-electron chi connectivity index (χ3n) is 12.6. The van der Waals surface area contributed by atoms with Gasteiger partial charge in [-0.3, -0.25) is 0 Å². The third kappa shape index (κ3) is 3.04. The van der Waals surface area contributed by atoms with Crippen molar-refractivity contribution in [2.45, 2.75) is 90.0 Å². The lowest BCUT2D eigenvalue weighted by Gasteiger charge is -2.53. The Morgan fingerprint density at radius 3 is 1.48 bits per heavy atom. The first-order chi connectivity index (χ1) is 13.3. The monoisotopic (exact) mass is 400 g/mol. The van der Waals surface area contributed by atoms with Crippen LogP contribution in [-0.4, -0.2) is 0 Å². The van der Waals surface area contributed by atoms with Crippen LogP contribution < -0.4 is 0 Å². The molecule has 1 fully saturated rings. The summed E-state index contributed by atoms with van der Waals surface area (Å²) >= 11 is 0. The van der Waals surface area contributed by atoms with E-state index in [0.29, 0.717) is 11.3 Å². The minimum Gasteiger partial charge on any atom is -0.0696 e. The normalized spacial score (nSPS) is 58.9. The second kappa shape index (κ2) is 7.70. The molecule has 0 aromatic rings. The molecule has 0 aromatic carbocycles. The van der Waals surface area contributed by atoms with Gasteiger partial charge in [0, 0.05) is 0 Å². The second-order valence-corrected chi connectivity index (χ2v) is 12.7. The van der Waals surface area contributed by atoms with E-state index in [0.717, 1.165) is 71.0 Å². The number of allylic oxidation sites excluding steroid dienone is 2. The van der Waals surface area contributed by atoms with Gasteiger partial charge in [0.2, 0.25) is 0 Å². The smallest absolute Gasteiger partial charge is 0.0110 e. The Hall–Kier alpha value is -0.260. The van der Waals surface area contributed by atoms with Crippen molar-refractivity contribution < 1.29 is 0 Å². The Balaban J connectivity index is 2.27. The maximum atomic E-state index is 2.68. The van der Waals surface area contributed by atoms with Crippen molar-refractivity contribution >= 4 is 0 Å². The van der Waals surface area contributed by atoms with Crippen LogP contribution in [0.3, 0.4) is 0 Å². The number of hydrogen-bond donors (Lipinski definition) is 0. The van der Waals surface area contributed by atoms with E-state index in [4.69, 9.17) is 0 Å². The lowest BCUT2D eigenvalue weighted by molar-refractivity contribution is 0.0358. The molecule has 0 N–H and O–H groups in total. The zero-order valence-electron chi connectivity index (χ0n) is 22.0. The average molecular weight is 401 g/mol. The highest BCUT2D eigenvalue weighted by atomic mass is 14.7. The molecular weight excluding hydrogens is 348 g/mol. The zero-order valence-corrected chi connectivity index (χ0v) is 22.0. The van der Waals surface area contributed by atoms with Gasteiger partial charge in [0.05, 0.1) is 0 Å². The van der Waals surface area contributed by atoms with Gasteiger partial charge in [0.15, 0.2) is 0 Å². The van der Waals surface area contributed by atoms with Gasteiger partial charge in [-0.05, 0) is 89.3 Å². The van der Waals surface area contributed by atoms with E-state index < -0.39 is 0 Å². The average Bonchev–Trinajstić information content (AvgIpc) is 2.90. The van der Waals surface area contributed by atoms with Crippen molar-refractivity contribution in [2.24, 2.45) is 82.3 Å². The Bertz CT molecular complexity index is 642. The van der Waals surface area contributed by atoms with Gasteiger partial charge >= 0.3 is 0 Å². The molecule has 0 heterocycles. The van der Waals surface area contributed by atoms with Gasteiger partial charge in [-0.2, -0.15) is 0 Å². The predicted octanol–water partition coefficient (Wildman–Crippen LogP) is 8.58. The molecule has 3 rings (SSSR count). The van der Waals surface area contributed by atoms with Crippen LogP contribution in [0.25, 0.3) is 0 Å². The van der Waals surface area contributed by atoms with E-state index in [9.17, 15) is 0 Å². The Morgan fingerprint density at radius 2 is 0.966 bits per heavy atom. The van der Waals surface area contributed by atoms with Crippen LogP contribution >= 0.6 is 0 Å². The summed E-state index contributed by atoms with van der Waals surface area (Å²) in [6.45, 7) is 33.7. The first kappa shape index (κ1) is 23.4. The van der Waals surface area contributed by atoms with E-state index >= 15 is 0 Å². The van der Waals surface area contributed by atoms with Crippen LogP contribution in [0.15, 0.2) is 11.1 Å². The fraction of sp³-hybridized carbons (Fsp3) is 0.931. The molecule has 0 spiro atoms. The van der Waals surface area contributed by atoms with Crippen LogP contribution in [-0.2, 0) is 0 Å². The molecule has 0 aliphatic heterocycles. The van der Waals surface area contributed by atoms with Crippen molar-refractivity contribution in [1.29, 1.82) is 0 Å². The summed E-state index contributed by atoms with van der Waals surface area (Å²) in [6.07, 6.45) is 0. The van der Waals surface area contributed by atoms with Crippen LogP contribution in [0.1, 0.15) is 90.0 Å². The van der Waals surface area contributed by atoms with E-state index in [1.54, 1.807) is 0 Å². The summed E-state index contributed by atoms with van der Waals surface area (Å²) in [7, 11) is 0. The molecule has 0 saturated heterocycles. The van der Waals surface area contributed by atoms with Crippen molar-refractivity contribution in [3.8, 4) is 0 Å². The van der Waals surface area contributed by atoms with E-state index in [2.05, 4.69) is 90.0 Å². The molecule has 3 aliphatic rings. The SMILES string of the molecule is CC1=C2C(C)C(C)C(C)C(C)C(C)C(C)C(C)[C@@H]3C(C)C(C)[C@](C)(C(C)C2C)[C@H]13. The topological polar surface area (TPSA) is 0 Å². The number of hydrogen-bond acceptors (Lipinski definition) is 0. The van der Waals surface area contributed by atoms with Gasteiger partial charge in [-0.25, -0.2) is 0 Å². The molecule has 0 nitrogen and oxygen atoms in total. The van der Waals surface area contributed by atoms with E-state index in [-0.39, 0.29) is 0 Å². The highest BCUT2D eigenvalue weighted by molar-refractivity contribution is 5.32. The van der Waals surface area contributed by atoms with Gasteiger partial charge in [-0.1, -0.05) is 94.2 Å². The quantitative estimate of drug-likeness (QED) is 0.357. The van der Waals surface area contributed by atoms with Crippen LogP contribution in [0.2, 0.25) is 0 Å². The minimum absolute atomic E-state index is 0.447. The van der Waals surface area contributed by atoms with E-state index in [1.807, 2.05) is 11.1 Å². The van der Waals surface area contributed by atoms with Gasteiger partial charge in [0.1, 0.15) is 0 Å². The van der Waals surface area contributed by atoms with Crippen molar-refractivity contribution in [1.82, 2.24) is 0 Å². The molecule has 0 aromatic heterocycles. The van der Waals surface area contributed by atoms with Crippen LogP contribution in [0, 0.1) is 82.3 Å². The van der Waals surface area contributed by atoms with Crippen LogP contribution in [0.5, 0.6) is 0 Å². The first-order valence-corrected chi connectivity index (χ1v) is 13.0. The molecule has 0 heteroatoms. The molecule has 1 saturated carbocycles. The maximum Gasteiger partial charge on any atom is -0.0110 e. The maximum absolute atomic E-state index is 2.68. The fourth-order valence-corrected chi connectivity index (χ4v) is 9.26. The zero-order chi connectivity index (χ0) is 22.2. The Labute approximate surface area is 183 Å². The van der Waals surface area contributed by atoms with Crippen molar-refractivity contribution in [3.05, 3.63) is 11.1 Å². The molecule has 11 unspecified atom stereocenters. The third-order valence-corrected chi connectivity index (χ3v) is 12.6. The van der Waals surface area contributed by atoms with Crippen molar-refractivity contribution in [2.75, 3.05) is 0 Å². The molecule has 2 bridgehead atoms. The van der Waals surface area contributed by atoms with Crippen molar-refractivity contribution in [3.63, 3.8) is 0 Å². The standard InChI is InChI=1S/C29H52/c1-14-15(2)17(4)19(6)26-21(8)24(11)29(13)25(12)22(9)27(28(29)23(26)10)20(7)18(5)16(14)3/h14-22,24-25,27-28H,1-13H3/t14?,15?,16?,17?,18?,19?,20?,21?,22?,24?,25?,27-,28-,29+/m1/s1. The summed E-state index contributed by atoms with van der Waals surface area (Å²) in [6, 6.07) is 0. The lowest BCUT2D eigenvalue weighted by atomic mass is 9.52. The predicted molar refractivity (Wildman–Crippen MR) is 129 cm³/mol. The summed E-state index contributed by atoms with van der Waals surface area (Å²) < 4.78 is 0. The minimum atomic E-state index is 0.447. The molecule has 3 aliphatic carbocycles. The summed E-state index contributed by atoms with van der Waals surface area (Å²) in [4.78, 5) is 0. The lowest BCUT2D eigenvalue weighted by Crippen LogP contribution is -2.46. The second-order valence-electron chi connectivity index (χ2n) is 12.7. The van der Waals surface area contributed by atoms with Gasteiger partial charge in [0.25, 0.3) is 0 Å². The Morgan fingerprint density at radius 1 is 0.517 bits per heavy atom. The fourth-order valence-electron chi connectivity index (χ4n) is 9.26. The van der Waals surface area contributed by atoms with E-state index in [1.165, 1.54) is 0 Å². The summed E-state index contributed by atoms with van der Waals surface area (Å²) in [5.41, 5.74) is 4.11. The first-order valence-electron chi connectivity index (χ1n) is 13.0. The molecule has 168 valence electrons. The van der Waals surface area contributed by atoms with Crippen LogP contribution in [0.4, 0.5) is 0 Å². The largest absolute Gasteiger partial charge is 0.0696 e. The van der Waals surface area contributed by atoms with Gasteiger partial charge < -0.3 is 0 Å². The highest BCUT2D eigenvalue weighted by Crippen LogP contribution is 2.68. The number of rotatable bonds is 0. The molecule has 0 amide bonds. The molecule has 0 radical (unpaired) electrons. The molecular formula is C29H52. The molecule has 29 heavy (non-hydrogen) atoms. The highest BCUT2D eigenvalue weighted by Gasteiger charge is 2.62. The summed E-state index contributed by atoms with van der Waals surface area (Å²) in [5, 5.41) is 0. The molecule has 14 atom stereocenters. The summed E-state index contributed by atoms with van der Waals surface area (Å²) in [5.74, 6) is 10.1. The Kier molecular flexibility index (Phi) is 6.22. The van der Waals surface area contributed by atoms with Gasteiger partial charge in [-0.15, -0.1) is 0 Å².